The lowest BCUT2D eigenvalue weighted by Crippen LogP contribution is -1.97. The van der Waals surface area contributed by atoms with Gasteiger partial charge in [0.25, 0.3) is 0 Å². The van der Waals surface area contributed by atoms with Gasteiger partial charge in [-0.15, -0.1) is 0 Å². The van der Waals surface area contributed by atoms with Crippen molar-refractivity contribution in [1.29, 1.82) is 0 Å². The maximum atomic E-state index is 4.20. The van der Waals surface area contributed by atoms with E-state index in [1.165, 1.54) is 33.2 Å². The van der Waals surface area contributed by atoms with E-state index >= 15 is 0 Å². The molecular formula is C20H16N2. The minimum Gasteiger partial charge on any atom is -0.305 e. The molecule has 3 aromatic carbocycles. The van der Waals surface area contributed by atoms with Crippen LogP contribution in [0.5, 0.6) is 0 Å². The summed E-state index contributed by atoms with van der Waals surface area (Å²) in [6, 6.07) is 21.4. The van der Waals surface area contributed by atoms with Crippen molar-refractivity contribution in [3.8, 4) is 16.8 Å². The fraction of sp³-hybridized carbons (Fsp3) is 0.0500. The Bertz CT molecular complexity index is 932. The van der Waals surface area contributed by atoms with Gasteiger partial charge in [-0.2, -0.15) is 0 Å². The highest BCUT2D eigenvalue weighted by atomic mass is 15.0. The molecule has 4 rings (SSSR count). The maximum Gasteiger partial charge on any atom is 0.0991 e. The van der Waals surface area contributed by atoms with Crippen LogP contribution in [0.2, 0.25) is 0 Å². The normalized spacial score (nSPS) is 11.0. The Hall–Kier alpha value is -2.87. The molecule has 0 atom stereocenters. The van der Waals surface area contributed by atoms with E-state index in [-0.39, 0.29) is 0 Å². The molecule has 0 N–H and O–H groups in total. The summed E-state index contributed by atoms with van der Waals surface area (Å²) in [7, 11) is 0. The fourth-order valence-corrected chi connectivity index (χ4v) is 3.07. The second-order valence-electron chi connectivity index (χ2n) is 5.47. The standard InChI is InChI=1S/C20H16N2/c1-15-6-4-11-19(20(15)22-13-12-21-14-22)18-10-5-8-16-7-2-3-9-17(16)18/h2-14H,1H3. The molecule has 22 heavy (non-hydrogen) atoms. The Kier molecular flexibility index (Phi) is 3.01. The van der Waals surface area contributed by atoms with Crippen LogP contribution in [-0.4, -0.2) is 9.55 Å². The minimum absolute atomic E-state index is 1.19. The van der Waals surface area contributed by atoms with Gasteiger partial charge in [0.05, 0.1) is 12.0 Å². The summed E-state index contributed by atoms with van der Waals surface area (Å²) in [5.41, 5.74) is 4.92. The van der Waals surface area contributed by atoms with Gasteiger partial charge in [-0.1, -0.05) is 60.7 Å². The van der Waals surface area contributed by atoms with Gasteiger partial charge in [0.15, 0.2) is 0 Å². The van der Waals surface area contributed by atoms with E-state index in [2.05, 4.69) is 77.1 Å². The highest BCUT2D eigenvalue weighted by Gasteiger charge is 2.11. The second-order valence-corrected chi connectivity index (χ2v) is 5.47. The largest absolute Gasteiger partial charge is 0.305 e. The molecule has 4 aromatic rings. The molecule has 2 nitrogen and oxygen atoms in total. The van der Waals surface area contributed by atoms with E-state index in [0.29, 0.717) is 0 Å². The number of aromatic nitrogens is 2. The van der Waals surface area contributed by atoms with Crippen LogP contribution in [0, 0.1) is 6.92 Å². The maximum absolute atomic E-state index is 4.20. The average molecular weight is 284 g/mol. The Morgan fingerprint density at radius 1 is 0.818 bits per heavy atom. The van der Waals surface area contributed by atoms with Gasteiger partial charge in [-0.05, 0) is 28.8 Å². The minimum atomic E-state index is 1.19. The SMILES string of the molecule is Cc1cccc(-c2cccc3ccccc23)c1-n1ccnc1. The molecule has 0 saturated carbocycles. The Morgan fingerprint density at radius 2 is 1.59 bits per heavy atom. The Morgan fingerprint density at radius 3 is 2.45 bits per heavy atom. The molecule has 0 spiro atoms. The van der Waals surface area contributed by atoms with E-state index in [1.54, 1.807) is 0 Å². The van der Waals surface area contributed by atoms with Crippen LogP contribution in [-0.2, 0) is 0 Å². The molecule has 0 aliphatic rings. The molecule has 0 bridgehead atoms. The number of benzene rings is 3. The van der Waals surface area contributed by atoms with Crippen LogP contribution in [0.3, 0.4) is 0 Å². The van der Waals surface area contributed by atoms with Gasteiger partial charge in [0.1, 0.15) is 0 Å². The molecule has 0 aliphatic heterocycles. The third-order valence-electron chi connectivity index (χ3n) is 4.08. The molecular weight excluding hydrogens is 268 g/mol. The molecule has 0 radical (unpaired) electrons. The van der Waals surface area contributed by atoms with Crippen LogP contribution in [0.1, 0.15) is 5.56 Å². The zero-order valence-corrected chi connectivity index (χ0v) is 12.4. The predicted octanol–water partition coefficient (Wildman–Crippen LogP) is 5.00. The monoisotopic (exact) mass is 284 g/mol. The molecule has 0 aliphatic carbocycles. The van der Waals surface area contributed by atoms with Crippen LogP contribution in [0.4, 0.5) is 0 Å². The first kappa shape index (κ1) is 12.8. The lowest BCUT2D eigenvalue weighted by molar-refractivity contribution is 1.04. The van der Waals surface area contributed by atoms with Crippen molar-refractivity contribution in [3.63, 3.8) is 0 Å². The number of para-hydroxylation sites is 1. The molecule has 1 heterocycles. The van der Waals surface area contributed by atoms with Gasteiger partial charge < -0.3 is 4.57 Å². The summed E-state index contributed by atoms with van der Waals surface area (Å²) in [6.45, 7) is 2.14. The van der Waals surface area contributed by atoms with E-state index in [4.69, 9.17) is 0 Å². The summed E-state index contributed by atoms with van der Waals surface area (Å²) in [5.74, 6) is 0. The van der Waals surface area contributed by atoms with Crippen LogP contribution < -0.4 is 0 Å². The summed E-state index contributed by atoms with van der Waals surface area (Å²) in [5, 5.41) is 2.54. The summed E-state index contributed by atoms with van der Waals surface area (Å²) < 4.78 is 2.09. The van der Waals surface area contributed by atoms with Crippen LogP contribution >= 0.6 is 0 Å². The predicted molar refractivity (Wildman–Crippen MR) is 91.2 cm³/mol. The Balaban J connectivity index is 2.06. The number of fused-ring (bicyclic) bond motifs is 1. The molecule has 0 amide bonds. The number of nitrogens with zero attached hydrogens (tertiary/aromatic N) is 2. The smallest absolute Gasteiger partial charge is 0.0991 e. The van der Waals surface area contributed by atoms with E-state index in [9.17, 15) is 0 Å². The third-order valence-corrected chi connectivity index (χ3v) is 4.08. The lowest BCUT2D eigenvalue weighted by Gasteiger charge is -2.15. The van der Waals surface area contributed by atoms with Gasteiger partial charge in [0.2, 0.25) is 0 Å². The fourth-order valence-electron chi connectivity index (χ4n) is 3.07. The molecule has 0 fully saturated rings. The van der Waals surface area contributed by atoms with E-state index in [0.717, 1.165) is 0 Å². The van der Waals surface area contributed by atoms with Gasteiger partial charge in [0, 0.05) is 18.0 Å². The zero-order chi connectivity index (χ0) is 14.9. The first-order valence-corrected chi connectivity index (χ1v) is 7.41. The lowest BCUT2D eigenvalue weighted by atomic mass is 9.95. The zero-order valence-electron chi connectivity index (χ0n) is 12.4. The van der Waals surface area contributed by atoms with Crippen molar-refractivity contribution in [1.82, 2.24) is 9.55 Å². The van der Waals surface area contributed by atoms with Crippen molar-refractivity contribution in [2.45, 2.75) is 6.92 Å². The van der Waals surface area contributed by atoms with Crippen molar-refractivity contribution in [2.24, 2.45) is 0 Å². The second kappa shape index (κ2) is 5.15. The number of hydrogen-bond donors (Lipinski definition) is 0. The average Bonchev–Trinajstić information content (AvgIpc) is 3.08. The van der Waals surface area contributed by atoms with Crippen LogP contribution in [0.25, 0.3) is 27.6 Å². The number of hydrogen-bond acceptors (Lipinski definition) is 1. The van der Waals surface area contributed by atoms with Gasteiger partial charge >= 0.3 is 0 Å². The first-order valence-electron chi connectivity index (χ1n) is 7.41. The van der Waals surface area contributed by atoms with E-state index in [1.807, 2.05) is 18.7 Å². The first-order chi connectivity index (χ1) is 10.8. The Labute approximate surface area is 129 Å². The summed E-state index contributed by atoms with van der Waals surface area (Å²) in [4.78, 5) is 4.20. The van der Waals surface area contributed by atoms with Crippen molar-refractivity contribution >= 4 is 10.8 Å². The molecule has 1 aromatic heterocycles. The highest BCUT2D eigenvalue weighted by molar-refractivity contribution is 5.98. The molecule has 0 unspecified atom stereocenters. The summed E-state index contributed by atoms with van der Waals surface area (Å²) >= 11 is 0. The van der Waals surface area contributed by atoms with Gasteiger partial charge in [-0.3, -0.25) is 0 Å². The number of aryl methyl sites for hydroxylation is 1. The topological polar surface area (TPSA) is 17.8 Å². The highest BCUT2D eigenvalue weighted by Crippen LogP contribution is 2.34. The quantitative estimate of drug-likeness (QED) is 0.506. The van der Waals surface area contributed by atoms with Crippen molar-refractivity contribution in [3.05, 3.63) is 84.9 Å². The molecule has 106 valence electrons. The van der Waals surface area contributed by atoms with Crippen LogP contribution in [0.15, 0.2) is 79.4 Å². The van der Waals surface area contributed by atoms with Crippen molar-refractivity contribution < 1.29 is 0 Å². The molecule has 0 saturated heterocycles. The van der Waals surface area contributed by atoms with Gasteiger partial charge in [-0.25, -0.2) is 4.98 Å². The third kappa shape index (κ3) is 2.01. The molecule has 2 heteroatoms. The number of imidazole rings is 1. The van der Waals surface area contributed by atoms with E-state index < -0.39 is 0 Å². The summed E-state index contributed by atoms with van der Waals surface area (Å²) in [6.07, 6.45) is 5.67. The van der Waals surface area contributed by atoms with Crippen molar-refractivity contribution in [2.75, 3.05) is 0 Å². The number of rotatable bonds is 2.